The summed E-state index contributed by atoms with van der Waals surface area (Å²) in [7, 11) is 1.89. The number of nitrogens with one attached hydrogen (secondary N) is 4. The molecule has 10 nitrogen and oxygen atoms in total. The molecule has 0 spiro atoms. The van der Waals surface area contributed by atoms with Crippen LogP contribution in [-0.2, 0) is 0 Å². The maximum absolute atomic E-state index is 12.3. The second-order valence-electron chi connectivity index (χ2n) is 8.40. The summed E-state index contributed by atoms with van der Waals surface area (Å²) in [5, 5.41) is 15.1. The molecule has 3 heterocycles. The van der Waals surface area contributed by atoms with Gasteiger partial charge in [-0.2, -0.15) is 18.3 Å². The normalized spacial score (nSPS) is 15.7. The summed E-state index contributed by atoms with van der Waals surface area (Å²) in [5.74, 6) is 0. The molecule has 0 unspecified atom stereocenters. The van der Waals surface area contributed by atoms with Crippen LogP contribution in [0.25, 0.3) is 22.5 Å². The number of rotatable bonds is 8. The first kappa shape index (κ1) is 25.1. The van der Waals surface area contributed by atoms with Gasteiger partial charge in [-0.15, -0.1) is 0 Å². The van der Waals surface area contributed by atoms with Crippen LogP contribution >= 0.6 is 0 Å². The fourth-order valence-electron chi connectivity index (χ4n) is 3.77. The number of amides is 2. The molecule has 36 heavy (non-hydrogen) atoms. The summed E-state index contributed by atoms with van der Waals surface area (Å²) in [6.07, 6.45) is 2.00. The number of imidazole rings is 1. The predicted octanol–water partition coefficient (Wildman–Crippen LogP) is 2.01. The molecule has 1 aliphatic rings. The fourth-order valence-corrected chi connectivity index (χ4v) is 3.77. The first-order chi connectivity index (χ1) is 17.2. The third-order valence-electron chi connectivity index (χ3n) is 5.63. The van der Waals surface area contributed by atoms with Crippen molar-refractivity contribution in [2.24, 2.45) is 10.7 Å². The highest BCUT2D eigenvalue weighted by atomic mass is 19.4. The van der Waals surface area contributed by atoms with E-state index in [9.17, 15) is 18.0 Å². The Kier molecular flexibility index (Phi) is 7.22. The van der Waals surface area contributed by atoms with Gasteiger partial charge in [-0.1, -0.05) is 12.1 Å². The van der Waals surface area contributed by atoms with Crippen LogP contribution in [0.5, 0.6) is 0 Å². The average Bonchev–Trinajstić information content (AvgIpc) is 3.24. The molecular formula is C23H26F3N9O. The number of benzene rings is 1. The van der Waals surface area contributed by atoms with Crippen LogP contribution in [0.1, 0.15) is 5.56 Å². The van der Waals surface area contributed by atoms with E-state index in [1.807, 2.05) is 13.1 Å². The standard InChI is InChI=1S/C23H26F3N9O/c1-28-11-22(12-29-13-22)32-8-17(7-27)16-6-20-30-10-19(35(20)33-9-16)15-3-2-4-18(5-15)34-21(36)31-14-23(24,25)26/h2-10,28-29H,11-14,27H2,1H3,(H2,31,34,36). The van der Waals surface area contributed by atoms with Gasteiger partial charge in [0.05, 0.1) is 23.6 Å². The van der Waals surface area contributed by atoms with Crippen LogP contribution in [-0.4, -0.2) is 71.8 Å². The first-order valence-corrected chi connectivity index (χ1v) is 11.1. The number of nitrogens with two attached hydrogens (primary N) is 1. The van der Waals surface area contributed by atoms with Gasteiger partial charge in [0, 0.05) is 54.4 Å². The third-order valence-corrected chi connectivity index (χ3v) is 5.63. The number of urea groups is 1. The van der Waals surface area contributed by atoms with E-state index in [1.54, 1.807) is 52.7 Å². The van der Waals surface area contributed by atoms with Crippen molar-refractivity contribution < 1.29 is 18.0 Å². The Morgan fingerprint density at radius 2 is 2.11 bits per heavy atom. The Bertz CT molecular complexity index is 1300. The van der Waals surface area contributed by atoms with Crippen molar-refractivity contribution in [2.45, 2.75) is 11.7 Å². The highest BCUT2D eigenvalue weighted by molar-refractivity contribution is 6.10. The number of aromatic nitrogens is 3. The number of allylic oxidation sites excluding steroid dienone is 1. The zero-order chi connectivity index (χ0) is 25.8. The molecule has 3 aromatic rings. The molecule has 6 N–H and O–H groups in total. The molecule has 1 aliphatic heterocycles. The van der Waals surface area contributed by atoms with Gasteiger partial charge in [0.25, 0.3) is 0 Å². The SMILES string of the molecule is CNCC1(N=CC(=CN)c2cnn3c(-c4cccc(NC(=O)NCC(F)(F)F)c4)cnc3c2)CNC1. The van der Waals surface area contributed by atoms with Crippen LogP contribution in [0.4, 0.5) is 23.7 Å². The predicted molar refractivity (Wildman–Crippen MR) is 132 cm³/mol. The van der Waals surface area contributed by atoms with Crippen LogP contribution in [0.2, 0.25) is 0 Å². The summed E-state index contributed by atoms with van der Waals surface area (Å²) in [4.78, 5) is 21.0. The lowest BCUT2D eigenvalue weighted by Crippen LogP contribution is -2.62. The molecule has 0 aliphatic carbocycles. The van der Waals surface area contributed by atoms with Gasteiger partial charge >= 0.3 is 12.2 Å². The quantitative estimate of drug-likeness (QED) is 0.300. The summed E-state index contributed by atoms with van der Waals surface area (Å²) < 4.78 is 38.6. The molecule has 0 radical (unpaired) electrons. The highest BCUT2D eigenvalue weighted by Crippen LogP contribution is 2.25. The van der Waals surface area contributed by atoms with Gasteiger partial charge in [-0.25, -0.2) is 14.3 Å². The van der Waals surface area contributed by atoms with Crippen LogP contribution < -0.4 is 27.0 Å². The largest absolute Gasteiger partial charge is 0.405 e. The average molecular weight is 502 g/mol. The molecule has 0 bridgehead atoms. The smallest absolute Gasteiger partial charge is 0.404 e. The molecule has 4 rings (SSSR count). The number of nitrogens with zero attached hydrogens (tertiary/aromatic N) is 4. The Morgan fingerprint density at radius 3 is 2.78 bits per heavy atom. The first-order valence-electron chi connectivity index (χ1n) is 11.1. The van der Waals surface area contributed by atoms with Crippen molar-refractivity contribution in [2.75, 3.05) is 38.5 Å². The van der Waals surface area contributed by atoms with Gasteiger partial charge < -0.3 is 27.0 Å². The van der Waals surface area contributed by atoms with Crippen molar-refractivity contribution in [3.8, 4) is 11.3 Å². The molecule has 1 fully saturated rings. The number of anilines is 1. The van der Waals surface area contributed by atoms with E-state index in [-0.39, 0.29) is 5.54 Å². The third kappa shape index (κ3) is 5.80. The Morgan fingerprint density at radius 1 is 1.31 bits per heavy atom. The van der Waals surface area contributed by atoms with Gasteiger partial charge in [-0.05, 0) is 25.2 Å². The Hall–Kier alpha value is -3.97. The van der Waals surface area contributed by atoms with Crippen LogP contribution in [0.15, 0.2) is 53.9 Å². The molecule has 2 aromatic heterocycles. The molecule has 1 aromatic carbocycles. The molecule has 0 atom stereocenters. The number of aliphatic imine (C=N–C) groups is 1. The van der Waals surface area contributed by atoms with E-state index in [1.165, 1.54) is 6.20 Å². The lowest BCUT2D eigenvalue weighted by atomic mass is 9.93. The summed E-state index contributed by atoms with van der Waals surface area (Å²) in [5.41, 5.74) is 9.30. The lowest BCUT2D eigenvalue weighted by Gasteiger charge is -2.39. The molecular weight excluding hydrogens is 475 g/mol. The van der Waals surface area contributed by atoms with Crippen molar-refractivity contribution >= 4 is 29.2 Å². The minimum Gasteiger partial charge on any atom is -0.404 e. The molecule has 0 saturated carbocycles. The second kappa shape index (κ2) is 10.3. The summed E-state index contributed by atoms with van der Waals surface area (Å²) in [6, 6.07) is 7.52. The topological polar surface area (TPSA) is 134 Å². The fraction of sp³-hybridized carbons (Fsp3) is 0.304. The number of carbonyl (C=O) groups is 1. The number of likely N-dealkylation sites (N-methyl/N-ethyl adjacent to an activating group) is 1. The Labute approximate surface area is 204 Å². The van der Waals surface area contributed by atoms with E-state index < -0.39 is 18.8 Å². The zero-order valence-electron chi connectivity index (χ0n) is 19.4. The molecule has 2 amide bonds. The number of hydrogen-bond donors (Lipinski definition) is 5. The van der Waals surface area contributed by atoms with Gasteiger partial charge in [0.15, 0.2) is 5.65 Å². The Balaban J connectivity index is 1.52. The summed E-state index contributed by atoms with van der Waals surface area (Å²) in [6.45, 7) is 0.879. The van der Waals surface area contributed by atoms with E-state index in [2.05, 4.69) is 26.0 Å². The number of hydrogen-bond acceptors (Lipinski definition) is 7. The maximum Gasteiger partial charge on any atom is 0.405 e. The highest BCUT2D eigenvalue weighted by Gasteiger charge is 2.35. The van der Waals surface area contributed by atoms with Gasteiger partial charge in [0.2, 0.25) is 0 Å². The lowest BCUT2D eigenvalue weighted by molar-refractivity contribution is -0.122. The minimum absolute atomic E-state index is 0.205. The van der Waals surface area contributed by atoms with Gasteiger partial charge in [0.1, 0.15) is 6.54 Å². The minimum atomic E-state index is -4.49. The molecule has 190 valence electrons. The molecule has 1 saturated heterocycles. The van der Waals surface area contributed by atoms with Crippen LogP contribution in [0, 0.1) is 0 Å². The number of carbonyl (C=O) groups excluding carboxylic acids is 1. The van der Waals surface area contributed by atoms with E-state index in [4.69, 9.17) is 10.7 Å². The summed E-state index contributed by atoms with van der Waals surface area (Å²) >= 11 is 0. The molecule has 13 heteroatoms. The van der Waals surface area contributed by atoms with E-state index >= 15 is 0 Å². The monoisotopic (exact) mass is 501 g/mol. The number of fused-ring (bicyclic) bond motifs is 1. The van der Waals surface area contributed by atoms with Gasteiger partial charge in [-0.3, -0.25) is 4.99 Å². The second-order valence-corrected chi connectivity index (χ2v) is 8.40. The zero-order valence-corrected chi connectivity index (χ0v) is 19.4. The van der Waals surface area contributed by atoms with Crippen molar-refractivity contribution in [3.63, 3.8) is 0 Å². The van der Waals surface area contributed by atoms with E-state index in [0.717, 1.165) is 25.2 Å². The van der Waals surface area contributed by atoms with Crippen molar-refractivity contribution in [1.29, 1.82) is 0 Å². The number of halogens is 3. The number of alkyl halides is 3. The van der Waals surface area contributed by atoms with Crippen LogP contribution in [0.3, 0.4) is 0 Å². The van der Waals surface area contributed by atoms with E-state index in [0.29, 0.717) is 28.2 Å². The van der Waals surface area contributed by atoms with Crippen molar-refractivity contribution in [3.05, 3.63) is 54.5 Å². The van der Waals surface area contributed by atoms with Crippen molar-refractivity contribution in [1.82, 2.24) is 30.5 Å². The maximum atomic E-state index is 12.3.